The predicted octanol–water partition coefficient (Wildman–Crippen LogP) is 3.67. The molecular formula is C23H22F4N2O8. The number of carbonyl (C=O) groups excluding carboxylic acids is 2. The molecule has 37 heavy (non-hydrogen) atoms. The summed E-state index contributed by atoms with van der Waals surface area (Å²) >= 11 is 0. The van der Waals surface area contributed by atoms with Crippen LogP contribution in [0.2, 0.25) is 0 Å². The third-order valence-electron chi connectivity index (χ3n) is 4.82. The summed E-state index contributed by atoms with van der Waals surface area (Å²) in [5, 5.41) is 12.2. The zero-order valence-corrected chi connectivity index (χ0v) is 19.9. The van der Waals surface area contributed by atoms with Crippen molar-refractivity contribution in [3.63, 3.8) is 0 Å². The van der Waals surface area contributed by atoms with E-state index in [1.807, 2.05) is 0 Å². The molecule has 0 saturated carbocycles. The van der Waals surface area contributed by atoms with Crippen molar-refractivity contribution < 1.29 is 56.0 Å². The monoisotopic (exact) mass is 530 g/mol. The van der Waals surface area contributed by atoms with Crippen LogP contribution in [-0.2, 0) is 14.4 Å². The van der Waals surface area contributed by atoms with Gasteiger partial charge in [-0.15, -0.1) is 0 Å². The lowest BCUT2D eigenvalue weighted by molar-refractivity contribution is -0.219. The summed E-state index contributed by atoms with van der Waals surface area (Å²) in [7, 11) is 5.34. The second kappa shape index (κ2) is 11.5. The molecule has 0 aromatic heterocycles. The first kappa shape index (κ1) is 28.7. The fourth-order valence-electron chi connectivity index (χ4n) is 2.90. The third kappa shape index (κ3) is 6.20. The Kier molecular flexibility index (Phi) is 8.93. The minimum Gasteiger partial charge on any atom is -0.496 e. The van der Waals surface area contributed by atoms with Gasteiger partial charge in [-0.25, -0.2) is 4.79 Å². The SMILES string of the molecule is COc1cc(OC)c(/C=C/C(=O)Nc2ccc(OC)c(NC(=O)C(F)(F)C(F)(F)C(=O)O)c2)c(OC)c1. The Morgan fingerprint density at radius 1 is 0.811 bits per heavy atom. The minimum absolute atomic E-state index is 0.0484. The van der Waals surface area contributed by atoms with E-state index in [1.54, 1.807) is 12.1 Å². The maximum absolute atomic E-state index is 13.8. The number of aliphatic carboxylic acids is 1. The van der Waals surface area contributed by atoms with E-state index in [4.69, 9.17) is 24.1 Å². The van der Waals surface area contributed by atoms with Gasteiger partial charge in [-0.2, -0.15) is 17.6 Å². The summed E-state index contributed by atoms with van der Waals surface area (Å²) in [6, 6.07) is 6.49. The molecular weight excluding hydrogens is 508 g/mol. The van der Waals surface area contributed by atoms with Gasteiger partial charge < -0.3 is 34.7 Å². The average molecular weight is 530 g/mol. The van der Waals surface area contributed by atoms with Crippen LogP contribution >= 0.6 is 0 Å². The van der Waals surface area contributed by atoms with Gasteiger partial charge in [0.25, 0.3) is 0 Å². The number of rotatable bonds is 11. The minimum atomic E-state index is -5.68. The number of carboxylic acids is 1. The van der Waals surface area contributed by atoms with Gasteiger partial charge in [0.1, 0.15) is 23.0 Å². The highest BCUT2D eigenvalue weighted by Gasteiger charge is 2.67. The number of carboxylic acid groups (broad SMARTS) is 1. The van der Waals surface area contributed by atoms with Crippen molar-refractivity contribution in [1.29, 1.82) is 0 Å². The summed E-state index contributed by atoms with van der Waals surface area (Å²) in [5.41, 5.74) is -0.188. The molecule has 0 aliphatic heterocycles. The van der Waals surface area contributed by atoms with Crippen LogP contribution in [0.5, 0.6) is 23.0 Å². The van der Waals surface area contributed by atoms with Gasteiger partial charge in [-0.05, 0) is 24.3 Å². The first-order chi connectivity index (χ1) is 17.3. The molecule has 0 fully saturated rings. The summed E-state index contributed by atoms with van der Waals surface area (Å²) in [5.74, 6) is -16.9. The molecule has 0 aliphatic carbocycles. The van der Waals surface area contributed by atoms with Gasteiger partial charge in [-0.1, -0.05) is 0 Å². The van der Waals surface area contributed by atoms with E-state index in [-0.39, 0.29) is 11.4 Å². The number of anilines is 2. The van der Waals surface area contributed by atoms with Crippen molar-refractivity contribution in [3.8, 4) is 23.0 Å². The van der Waals surface area contributed by atoms with Crippen molar-refractivity contribution in [2.75, 3.05) is 39.1 Å². The Hall–Kier alpha value is -4.49. The highest BCUT2D eigenvalue weighted by molar-refractivity contribution is 6.04. The number of benzene rings is 2. The Labute approximate surface area is 207 Å². The summed E-state index contributed by atoms with van der Waals surface area (Å²) < 4.78 is 74.9. The van der Waals surface area contributed by atoms with E-state index >= 15 is 0 Å². The van der Waals surface area contributed by atoms with Gasteiger partial charge in [0.2, 0.25) is 5.91 Å². The van der Waals surface area contributed by atoms with Crippen LogP contribution in [0.1, 0.15) is 5.56 Å². The molecule has 2 rings (SSSR count). The molecule has 10 nitrogen and oxygen atoms in total. The number of hydrogen-bond donors (Lipinski definition) is 3. The van der Waals surface area contributed by atoms with Crippen molar-refractivity contribution in [2.45, 2.75) is 11.8 Å². The number of amides is 2. The van der Waals surface area contributed by atoms with Crippen LogP contribution < -0.4 is 29.6 Å². The first-order valence-electron chi connectivity index (χ1n) is 10.1. The van der Waals surface area contributed by atoms with Gasteiger partial charge in [0, 0.05) is 23.9 Å². The summed E-state index contributed by atoms with van der Waals surface area (Å²) in [6.07, 6.45) is 2.46. The van der Waals surface area contributed by atoms with E-state index < -0.39 is 35.3 Å². The molecule has 0 heterocycles. The molecule has 0 unspecified atom stereocenters. The second-order valence-electron chi connectivity index (χ2n) is 7.09. The van der Waals surface area contributed by atoms with Crippen molar-refractivity contribution >= 4 is 35.2 Å². The van der Waals surface area contributed by atoms with Crippen LogP contribution in [0, 0.1) is 0 Å². The first-order valence-corrected chi connectivity index (χ1v) is 10.1. The average Bonchev–Trinajstić information content (AvgIpc) is 2.86. The van der Waals surface area contributed by atoms with Gasteiger partial charge in [0.15, 0.2) is 0 Å². The van der Waals surface area contributed by atoms with Gasteiger partial charge >= 0.3 is 23.7 Å². The molecule has 14 heteroatoms. The standard InChI is InChI=1S/C23H22F4N2O8/c1-34-13-10-17(36-3)14(18(11-13)37-4)6-8-19(30)28-12-5-7-16(35-2)15(9-12)29-20(31)22(24,25)23(26,27)21(32)33/h5-11H,1-4H3,(H,28,30)(H,29,31)(H,32,33)/b8-6+. The van der Waals surface area contributed by atoms with Crippen molar-refractivity contribution in [2.24, 2.45) is 0 Å². The van der Waals surface area contributed by atoms with Gasteiger partial charge in [0.05, 0.1) is 39.7 Å². The molecule has 2 amide bonds. The lowest BCUT2D eigenvalue weighted by Crippen LogP contribution is -2.54. The molecule has 3 N–H and O–H groups in total. The van der Waals surface area contributed by atoms with Crippen LogP contribution in [0.4, 0.5) is 28.9 Å². The maximum atomic E-state index is 13.8. The molecule has 0 bridgehead atoms. The zero-order valence-electron chi connectivity index (χ0n) is 19.9. The van der Waals surface area contributed by atoms with E-state index in [9.17, 15) is 31.9 Å². The van der Waals surface area contributed by atoms with E-state index in [0.717, 1.165) is 25.3 Å². The van der Waals surface area contributed by atoms with Crippen LogP contribution in [0.15, 0.2) is 36.4 Å². The smallest absolute Gasteiger partial charge is 0.413 e. The number of hydrogen-bond acceptors (Lipinski definition) is 7. The topological polar surface area (TPSA) is 132 Å². The normalized spacial score (nSPS) is 11.6. The molecule has 0 atom stereocenters. The zero-order chi connectivity index (χ0) is 28.0. The van der Waals surface area contributed by atoms with E-state index in [2.05, 4.69) is 5.32 Å². The van der Waals surface area contributed by atoms with E-state index in [1.165, 1.54) is 38.8 Å². The fourth-order valence-corrected chi connectivity index (χ4v) is 2.90. The number of nitrogens with one attached hydrogen (secondary N) is 2. The highest BCUT2D eigenvalue weighted by Crippen LogP contribution is 2.37. The summed E-state index contributed by atoms with van der Waals surface area (Å²) in [4.78, 5) is 34.8. The summed E-state index contributed by atoms with van der Waals surface area (Å²) in [6.45, 7) is 0. The molecule has 200 valence electrons. The quantitative estimate of drug-likeness (QED) is 0.296. The predicted molar refractivity (Wildman–Crippen MR) is 123 cm³/mol. The molecule has 0 spiro atoms. The lowest BCUT2D eigenvalue weighted by atomic mass is 10.1. The Bertz CT molecular complexity index is 1190. The molecule has 0 saturated heterocycles. The third-order valence-corrected chi connectivity index (χ3v) is 4.82. The number of carbonyl (C=O) groups is 3. The number of ether oxygens (including phenoxy) is 4. The molecule has 0 radical (unpaired) electrons. The maximum Gasteiger partial charge on any atom is 0.413 e. The molecule has 2 aromatic rings. The fraction of sp³-hybridized carbons (Fsp3) is 0.261. The molecule has 0 aliphatic rings. The lowest BCUT2D eigenvalue weighted by Gasteiger charge is -2.22. The van der Waals surface area contributed by atoms with Crippen molar-refractivity contribution in [1.82, 2.24) is 0 Å². The van der Waals surface area contributed by atoms with Gasteiger partial charge in [-0.3, -0.25) is 9.59 Å². The van der Waals surface area contributed by atoms with Crippen LogP contribution in [0.25, 0.3) is 6.08 Å². The Morgan fingerprint density at radius 2 is 1.38 bits per heavy atom. The number of methoxy groups -OCH3 is 4. The van der Waals surface area contributed by atoms with Crippen molar-refractivity contribution in [3.05, 3.63) is 42.0 Å². The van der Waals surface area contributed by atoms with Crippen LogP contribution in [-0.4, -0.2) is 63.2 Å². The number of alkyl halides is 4. The Balaban J connectivity index is 2.29. The van der Waals surface area contributed by atoms with Crippen LogP contribution in [0.3, 0.4) is 0 Å². The molecule has 2 aromatic carbocycles. The Morgan fingerprint density at radius 3 is 1.86 bits per heavy atom. The van der Waals surface area contributed by atoms with E-state index in [0.29, 0.717) is 22.8 Å². The highest BCUT2D eigenvalue weighted by atomic mass is 19.3. The number of halogens is 4. The second-order valence-corrected chi connectivity index (χ2v) is 7.09. The largest absolute Gasteiger partial charge is 0.496 e.